The van der Waals surface area contributed by atoms with E-state index in [0.29, 0.717) is 5.69 Å². The summed E-state index contributed by atoms with van der Waals surface area (Å²) in [4.78, 5) is 17.3. The number of halogens is 1. The van der Waals surface area contributed by atoms with Gasteiger partial charge in [0.05, 0.1) is 5.69 Å². The summed E-state index contributed by atoms with van der Waals surface area (Å²) >= 11 is 3.32. The van der Waals surface area contributed by atoms with Crippen LogP contribution in [0.4, 0.5) is 0 Å². The lowest BCUT2D eigenvalue weighted by atomic mass is 10.1. The van der Waals surface area contributed by atoms with Crippen molar-refractivity contribution >= 4 is 15.9 Å². The maximum atomic E-state index is 11.2. The van der Waals surface area contributed by atoms with E-state index in [1.54, 1.807) is 6.07 Å². The third kappa shape index (κ3) is 2.18. The summed E-state index contributed by atoms with van der Waals surface area (Å²) in [5.74, 6) is 0. The van der Waals surface area contributed by atoms with Crippen molar-refractivity contribution in [3.63, 3.8) is 0 Å². The number of hydrogen-bond acceptors (Lipinski definition) is 3. The second kappa shape index (κ2) is 4.29. The molecule has 0 unspecified atom stereocenters. The zero-order valence-electron chi connectivity index (χ0n) is 8.07. The Kier molecular flexibility index (Phi) is 2.84. The van der Waals surface area contributed by atoms with Crippen LogP contribution < -0.4 is 5.69 Å². The Balaban J connectivity index is 2.56. The quantitative estimate of drug-likeness (QED) is 0.866. The van der Waals surface area contributed by atoms with E-state index >= 15 is 0 Å². The fourth-order valence-electron chi connectivity index (χ4n) is 1.30. The molecule has 0 aliphatic heterocycles. The monoisotopic (exact) mass is 275 g/mol. The van der Waals surface area contributed by atoms with Gasteiger partial charge in [-0.15, -0.1) is 0 Å². The first-order valence-corrected chi connectivity index (χ1v) is 5.26. The van der Waals surface area contributed by atoms with Crippen LogP contribution in [0.2, 0.25) is 0 Å². The molecule has 0 fully saturated rings. The predicted octanol–water partition coefficient (Wildman–Crippen LogP) is 2.07. The van der Waals surface area contributed by atoms with Crippen molar-refractivity contribution < 1.29 is 0 Å². The van der Waals surface area contributed by atoms with Gasteiger partial charge in [-0.25, -0.2) is 4.79 Å². The van der Waals surface area contributed by atoms with Crippen LogP contribution in [0, 0.1) is 11.3 Å². The molecule has 0 bridgehead atoms. The molecule has 1 heterocycles. The minimum atomic E-state index is -0.517. The average Bonchev–Trinajstić information content (AvgIpc) is 2.29. The third-order valence-electron chi connectivity index (χ3n) is 2.01. The predicted molar refractivity (Wildman–Crippen MR) is 62.7 cm³/mol. The van der Waals surface area contributed by atoms with Gasteiger partial charge in [0, 0.05) is 4.47 Å². The molecule has 2 rings (SSSR count). The normalized spacial score (nSPS) is 9.75. The zero-order valence-corrected chi connectivity index (χ0v) is 9.65. The number of nitriles is 1. The number of aromatic amines is 1. The number of aromatic nitrogens is 2. The lowest BCUT2D eigenvalue weighted by molar-refractivity contribution is 1.06. The van der Waals surface area contributed by atoms with Crippen LogP contribution in [0.1, 0.15) is 5.69 Å². The van der Waals surface area contributed by atoms with Gasteiger partial charge in [-0.3, -0.25) is 0 Å². The molecule has 0 atom stereocenters. The number of hydrogen-bond donors (Lipinski definition) is 1. The molecule has 5 heteroatoms. The second-order valence-electron chi connectivity index (χ2n) is 3.10. The van der Waals surface area contributed by atoms with E-state index in [9.17, 15) is 4.79 Å². The lowest BCUT2D eigenvalue weighted by Gasteiger charge is -2.01. The second-order valence-corrected chi connectivity index (χ2v) is 4.02. The topological polar surface area (TPSA) is 69.5 Å². The number of nitrogens with one attached hydrogen (secondary N) is 1. The molecule has 1 aromatic carbocycles. The molecular weight excluding hydrogens is 270 g/mol. The highest BCUT2D eigenvalue weighted by molar-refractivity contribution is 9.10. The maximum absolute atomic E-state index is 11.2. The maximum Gasteiger partial charge on any atom is 0.346 e. The van der Waals surface area contributed by atoms with E-state index in [4.69, 9.17) is 5.26 Å². The fourth-order valence-corrected chi connectivity index (χ4v) is 1.56. The molecule has 78 valence electrons. The largest absolute Gasteiger partial charge is 0.346 e. The standard InChI is InChI=1S/C11H6BrN3O/c12-8-3-1-7(2-4-8)10-5-9(6-13)14-11(16)15-10/h1-5H,(H,14,15,16). The number of nitrogens with zero attached hydrogens (tertiary/aromatic N) is 2. The smallest absolute Gasteiger partial charge is 0.305 e. The van der Waals surface area contributed by atoms with Gasteiger partial charge in [0.1, 0.15) is 11.8 Å². The number of benzene rings is 1. The Labute approximate surface area is 99.7 Å². The van der Waals surface area contributed by atoms with Gasteiger partial charge in [0.15, 0.2) is 0 Å². The molecule has 0 radical (unpaired) electrons. The number of rotatable bonds is 1. The van der Waals surface area contributed by atoms with Gasteiger partial charge in [-0.1, -0.05) is 28.1 Å². The number of H-pyrrole nitrogens is 1. The highest BCUT2D eigenvalue weighted by Gasteiger charge is 2.02. The average molecular weight is 276 g/mol. The molecule has 1 aromatic heterocycles. The lowest BCUT2D eigenvalue weighted by Crippen LogP contribution is -2.12. The van der Waals surface area contributed by atoms with E-state index < -0.39 is 5.69 Å². The Bertz CT molecular complexity index is 610. The minimum Gasteiger partial charge on any atom is -0.305 e. The van der Waals surface area contributed by atoms with E-state index in [-0.39, 0.29) is 5.69 Å². The van der Waals surface area contributed by atoms with E-state index in [1.807, 2.05) is 30.3 Å². The molecule has 0 saturated carbocycles. The summed E-state index contributed by atoms with van der Waals surface area (Å²) in [5, 5.41) is 8.70. The first-order valence-electron chi connectivity index (χ1n) is 4.46. The summed E-state index contributed by atoms with van der Waals surface area (Å²) in [5.41, 5.74) is 1.02. The summed E-state index contributed by atoms with van der Waals surface area (Å²) in [6.07, 6.45) is 0. The van der Waals surface area contributed by atoms with Crippen molar-refractivity contribution in [2.75, 3.05) is 0 Å². The van der Waals surface area contributed by atoms with Crippen molar-refractivity contribution in [3.05, 3.63) is 51.0 Å². The van der Waals surface area contributed by atoms with Crippen LogP contribution in [0.3, 0.4) is 0 Å². The highest BCUT2D eigenvalue weighted by atomic mass is 79.9. The molecule has 4 nitrogen and oxygen atoms in total. The summed E-state index contributed by atoms with van der Waals surface area (Å²) in [6.45, 7) is 0. The van der Waals surface area contributed by atoms with Crippen LogP contribution in [-0.2, 0) is 0 Å². The molecule has 0 amide bonds. The molecule has 0 saturated heterocycles. The van der Waals surface area contributed by atoms with Crippen molar-refractivity contribution in [3.8, 4) is 17.3 Å². The molecule has 0 spiro atoms. The van der Waals surface area contributed by atoms with Crippen molar-refractivity contribution in [2.45, 2.75) is 0 Å². The molecule has 16 heavy (non-hydrogen) atoms. The molecule has 1 N–H and O–H groups in total. The van der Waals surface area contributed by atoms with Crippen LogP contribution in [0.25, 0.3) is 11.3 Å². The Hall–Kier alpha value is -1.93. The van der Waals surface area contributed by atoms with Gasteiger partial charge in [0.25, 0.3) is 0 Å². The van der Waals surface area contributed by atoms with Crippen LogP contribution in [0.5, 0.6) is 0 Å². The van der Waals surface area contributed by atoms with Gasteiger partial charge in [-0.05, 0) is 23.8 Å². The van der Waals surface area contributed by atoms with Crippen LogP contribution in [-0.4, -0.2) is 9.97 Å². The Morgan fingerprint density at radius 3 is 2.62 bits per heavy atom. The summed E-state index contributed by atoms with van der Waals surface area (Å²) in [6, 6.07) is 10.8. The zero-order chi connectivity index (χ0) is 11.5. The third-order valence-corrected chi connectivity index (χ3v) is 2.54. The van der Waals surface area contributed by atoms with Gasteiger partial charge in [0.2, 0.25) is 0 Å². The van der Waals surface area contributed by atoms with E-state index in [0.717, 1.165) is 10.0 Å². The van der Waals surface area contributed by atoms with Crippen LogP contribution in [0.15, 0.2) is 39.6 Å². The molecule has 0 aliphatic carbocycles. The first kappa shape index (κ1) is 10.6. The van der Waals surface area contributed by atoms with Gasteiger partial charge in [-0.2, -0.15) is 10.2 Å². The van der Waals surface area contributed by atoms with Crippen molar-refractivity contribution in [2.24, 2.45) is 0 Å². The van der Waals surface area contributed by atoms with Gasteiger partial charge >= 0.3 is 5.69 Å². The van der Waals surface area contributed by atoms with Crippen LogP contribution >= 0.6 is 15.9 Å². The van der Waals surface area contributed by atoms with Crippen molar-refractivity contribution in [1.29, 1.82) is 5.26 Å². The van der Waals surface area contributed by atoms with E-state index in [1.165, 1.54) is 0 Å². The van der Waals surface area contributed by atoms with Gasteiger partial charge < -0.3 is 4.98 Å². The molecule has 0 aliphatic rings. The molecular formula is C11H6BrN3O. The summed E-state index contributed by atoms with van der Waals surface area (Å²) < 4.78 is 0.952. The molecule has 2 aromatic rings. The minimum absolute atomic E-state index is 0.113. The Morgan fingerprint density at radius 1 is 1.31 bits per heavy atom. The van der Waals surface area contributed by atoms with Crippen molar-refractivity contribution in [1.82, 2.24) is 9.97 Å². The first-order chi connectivity index (χ1) is 7.69. The SMILES string of the molecule is N#Cc1cc(-c2ccc(Br)cc2)[nH]c(=O)n1. The Morgan fingerprint density at radius 2 is 2.00 bits per heavy atom. The highest BCUT2D eigenvalue weighted by Crippen LogP contribution is 2.19. The summed E-state index contributed by atoms with van der Waals surface area (Å²) in [7, 11) is 0. The fraction of sp³-hybridized carbons (Fsp3) is 0. The van der Waals surface area contributed by atoms with E-state index in [2.05, 4.69) is 25.9 Å².